The minimum Gasteiger partial charge on any atom is -0.380 e. The van der Waals surface area contributed by atoms with E-state index in [0.717, 1.165) is 56.1 Å². The van der Waals surface area contributed by atoms with Gasteiger partial charge in [0.15, 0.2) is 0 Å². The van der Waals surface area contributed by atoms with Gasteiger partial charge in [-0.3, -0.25) is 9.59 Å². The molecule has 3 fully saturated rings. The Morgan fingerprint density at radius 2 is 1.37 bits per heavy atom. The number of alkyl halides is 3. The fourth-order valence-electron chi connectivity index (χ4n) is 7.32. The molecule has 2 heterocycles. The second-order valence-electron chi connectivity index (χ2n) is 13.2. The van der Waals surface area contributed by atoms with Crippen molar-refractivity contribution in [3.8, 4) is 0 Å². The zero-order valence-electron chi connectivity index (χ0n) is 24.7. The number of piperazine rings is 1. The maximum absolute atomic E-state index is 13.7. The van der Waals surface area contributed by atoms with Crippen LogP contribution in [0.5, 0.6) is 0 Å². The Bertz CT molecular complexity index is 1320. The van der Waals surface area contributed by atoms with Gasteiger partial charge in [-0.2, -0.15) is 13.2 Å². The number of amides is 2. The Hall–Kier alpha value is -3.07. The molecule has 1 saturated heterocycles. The first kappa shape index (κ1) is 30.0. The van der Waals surface area contributed by atoms with Crippen LogP contribution in [0.1, 0.15) is 110 Å². The Morgan fingerprint density at radius 1 is 0.791 bits per heavy atom. The number of anilines is 1. The van der Waals surface area contributed by atoms with Gasteiger partial charge in [-0.1, -0.05) is 63.1 Å². The molecule has 2 N–H and O–H groups in total. The van der Waals surface area contributed by atoms with Gasteiger partial charge in [0.1, 0.15) is 5.60 Å². The summed E-state index contributed by atoms with van der Waals surface area (Å²) in [6, 6.07) is 11.7. The predicted octanol–water partition coefficient (Wildman–Crippen LogP) is 6.73. The second kappa shape index (κ2) is 11.8. The number of nitrogens with zero attached hydrogens (tertiary/aromatic N) is 2. The van der Waals surface area contributed by atoms with Crippen LogP contribution in [0.25, 0.3) is 0 Å². The van der Waals surface area contributed by atoms with Crippen LogP contribution in [0.4, 0.5) is 18.9 Å². The lowest BCUT2D eigenvalue weighted by atomic mass is 9.71. The van der Waals surface area contributed by atoms with Crippen molar-refractivity contribution in [2.75, 3.05) is 31.5 Å². The lowest BCUT2D eigenvalue weighted by molar-refractivity contribution is -0.144. The molecule has 1 atom stereocenters. The monoisotopic (exact) mass is 597 g/mol. The van der Waals surface area contributed by atoms with E-state index in [4.69, 9.17) is 0 Å². The van der Waals surface area contributed by atoms with Crippen LogP contribution in [-0.4, -0.2) is 64.0 Å². The molecule has 2 saturated carbocycles. The molecule has 9 heteroatoms. The summed E-state index contributed by atoms with van der Waals surface area (Å²) >= 11 is 0. The van der Waals surface area contributed by atoms with E-state index in [1.807, 2.05) is 24.3 Å². The number of hydrogen-bond donors (Lipinski definition) is 2. The lowest BCUT2D eigenvalue weighted by Gasteiger charge is -2.45. The van der Waals surface area contributed by atoms with Crippen LogP contribution in [0, 0.1) is 0 Å². The highest BCUT2D eigenvalue weighted by Crippen LogP contribution is 2.48. The molecular formula is C34H42F3N3O3. The number of hydrogen-bond acceptors (Lipinski definition) is 4. The van der Waals surface area contributed by atoms with Gasteiger partial charge < -0.3 is 20.2 Å². The Balaban J connectivity index is 1.22. The lowest BCUT2D eigenvalue weighted by Crippen LogP contribution is -2.53. The number of nitrogens with one attached hydrogen (secondary N) is 1. The van der Waals surface area contributed by atoms with Gasteiger partial charge in [0.05, 0.1) is 5.56 Å². The molecule has 1 spiro atoms. The molecule has 43 heavy (non-hydrogen) atoms. The third-order valence-electron chi connectivity index (χ3n) is 10.1. The number of benzene rings is 2. The third-order valence-corrected chi connectivity index (χ3v) is 10.1. The third kappa shape index (κ3) is 6.42. The second-order valence-corrected chi connectivity index (χ2v) is 13.2. The van der Waals surface area contributed by atoms with Gasteiger partial charge in [0.2, 0.25) is 0 Å². The molecule has 6 rings (SSSR count). The standard InChI is InChI=1S/C34H42F3N3O3/c35-34(36,37)26-12-13-27-28(23-32(38-29(27)22-26)14-6-4-2-1-3-5-7-15-32)24-8-10-25(11-9-24)30(41)39-18-20-40(21-19-39)31(42)33(43)16-17-33/h8-13,22,28,38,43H,1-7,14-21,23H2. The summed E-state index contributed by atoms with van der Waals surface area (Å²) in [5.41, 5.74) is 0.903. The Labute approximate surface area is 251 Å². The fraction of sp³-hybridized carbons (Fsp3) is 0.588. The van der Waals surface area contributed by atoms with Crippen LogP contribution in [0.15, 0.2) is 42.5 Å². The summed E-state index contributed by atoms with van der Waals surface area (Å²) in [7, 11) is 0. The summed E-state index contributed by atoms with van der Waals surface area (Å²) < 4.78 is 41.2. The summed E-state index contributed by atoms with van der Waals surface area (Å²) in [5.74, 6) is -0.414. The molecule has 6 nitrogen and oxygen atoms in total. The molecule has 0 bridgehead atoms. The molecule has 2 amide bonds. The molecule has 2 aromatic carbocycles. The summed E-state index contributed by atoms with van der Waals surface area (Å²) in [5, 5.41) is 13.8. The van der Waals surface area contributed by atoms with Crippen molar-refractivity contribution in [1.29, 1.82) is 0 Å². The maximum Gasteiger partial charge on any atom is 0.416 e. The van der Waals surface area contributed by atoms with E-state index in [1.165, 1.54) is 31.4 Å². The molecule has 4 aliphatic rings. The van der Waals surface area contributed by atoms with Gasteiger partial charge >= 0.3 is 6.18 Å². The SMILES string of the molecule is O=C(c1ccc(C2CC3(CCCCCCCCC3)Nc3cc(C(F)(F)F)ccc32)cc1)N1CCN(C(=O)C2(O)CC2)CC1. The predicted molar refractivity (Wildman–Crippen MR) is 159 cm³/mol. The van der Waals surface area contributed by atoms with E-state index in [9.17, 15) is 27.9 Å². The number of fused-ring (bicyclic) bond motifs is 1. The number of carbonyl (C=O) groups excluding carboxylic acids is 2. The maximum atomic E-state index is 13.7. The van der Waals surface area contributed by atoms with Crippen molar-refractivity contribution in [3.63, 3.8) is 0 Å². The Kier molecular flexibility index (Phi) is 8.22. The van der Waals surface area contributed by atoms with Crippen molar-refractivity contribution in [2.45, 2.75) is 100 Å². The smallest absolute Gasteiger partial charge is 0.380 e. The minimum absolute atomic E-state index is 0.0755. The van der Waals surface area contributed by atoms with E-state index in [2.05, 4.69) is 5.32 Å². The molecule has 2 aliphatic heterocycles. The van der Waals surface area contributed by atoms with Crippen molar-refractivity contribution in [2.24, 2.45) is 0 Å². The highest BCUT2D eigenvalue weighted by molar-refractivity contribution is 5.94. The van der Waals surface area contributed by atoms with Gasteiger partial charge in [-0.15, -0.1) is 0 Å². The largest absolute Gasteiger partial charge is 0.416 e. The number of halogens is 3. The first-order chi connectivity index (χ1) is 20.6. The van der Waals surface area contributed by atoms with E-state index in [1.54, 1.807) is 15.9 Å². The van der Waals surface area contributed by atoms with Gasteiger partial charge in [0.25, 0.3) is 11.8 Å². The van der Waals surface area contributed by atoms with E-state index >= 15 is 0 Å². The zero-order chi connectivity index (χ0) is 30.2. The van der Waals surface area contributed by atoms with E-state index < -0.39 is 17.3 Å². The van der Waals surface area contributed by atoms with Crippen molar-refractivity contribution >= 4 is 17.5 Å². The zero-order valence-corrected chi connectivity index (χ0v) is 24.7. The van der Waals surface area contributed by atoms with Crippen LogP contribution in [0.2, 0.25) is 0 Å². The van der Waals surface area contributed by atoms with Crippen molar-refractivity contribution < 1.29 is 27.9 Å². The number of aliphatic hydroxyl groups is 1. The van der Waals surface area contributed by atoms with Gasteiger partial charge in [-0.25, -0.2) is 0 Å². The molecule has 2 aliphatic carbocycles. The molecule has 0 aromatic heterocycles. The topological polar surface area (TPSA) is 72.9 Å². The van der Waals surface area contributed by atoms with Crippen LogP contribution in [-0.2, 0) is 11.0 Å². The molecule has 1 unspecified atom stereocenters. The van der Waals surface area contributed by atoms with Crippen molar-refractivity contribution in [3.05, 3.63) is 64.7 Å². The first-order valence-electron chi connectivity index (χ1n) is 16.0. The summed E-state index contributed by atoms with van der Waals surface area (Å²) in [6.07, 6.45) is 7.33. The Morgan fingerprint density at radius 3 is 1.95 bits per heavy atom. The average Bonchev–Trinajstić information content (AvgIpc) is 3.77. The molecule has 2 aromatic rings. The molecular weight excluding hydrogens is 555 g/mol. The number of carbonyl (C=O) groups is 2. The summed E-state index contributed by atoms with van der Waals surface area (Å²) in [4.78, 5) is 29.2. The normalized spacial score (nSPS) is 23.7. The van der Waals surface area contributed by atoms with Crippen LogP contribution < -0.4 is 5.32 Å². The number of rotatable bonds is 3. The quantitative estimate of drug-likeness (QED) is 0.412. The molecule has 232 valence electrons. The van der Waals surface area contributed by atoms with Gasteiger partial charge in [-0.05, 0) is 67.5 Å². The summed E-state index contributed by atoms with van der Waals surface area (Å²) in [6.45, 7) is 1.62. The van der Waals surface area contributed by atoms with Gasteiger partial charge in [0, 0.05) is 48.9 Å². The van der Waals surface area contributed by atoms with Crippen molar-refractivity contribution in [1.82, 2.24) is 9.80 Å². The average molecular weight is 598 g/mol. The van der Waals surface area contributed by atoms with E-state index in [0.29, 0.717) is 50.3 Å². The highest BCUT2D eigenvalue weighted by atomic mass is 19.4. The fourth-order valence-corrected chi connectivity index (χ4v) is 7.32. The van der Waals surface area contributed by atoms with Crippen LogP contribution >= 0.6 is 0 Å². The highest BCUT2D eigenvalue weighted by Gasteiger charge is 2.50. The minimum atomic E-state index is -4.41. The van der Waals surface area contributed by atoms with Crippen LogP contribution in [0.3, 0.4) is 0 Å². The van der Waals surface area contributed by atoms with E-state index in [-0.39, 0.29) is 23.3 Å². The molecule has 0 radical (unpaired) electrons. The first-order valence-corrected chi connectivity index (χ1v) is 16.0.